The van der Waals surface area contributed by atoms with Gasteiger partial charge in [0, 0.05) is 28.6 Å². The third-order valence-electron chi connectivity index (χ3n) is 5.01. The molecule has 0 aromatic heterocycles. The van der Waals surface area contributed by atoms with Crippen molar-refractivity contribution in [2.45, 2.75) is 46.5 Å². The van der Waals surface area contributed by atoms with Gasteiger partial charge in [0.2, 0.25) is 0 Å². The number of Topliss-reactive ketones (excluding diaryl/α,β-unsaturated/α-hetero) is 1. The Labute approximate surface area is 159 Å². The van der Waals surface area contributed by atoms with Crippen LogP contribution < -0.4 is 5.32 Å². The van der Waals surface area contributed by atoms with E-state index in [-0.39, 0.29) is 17.1 Å². The smallest absolute Gasteiger partial charge is 0.354 e. The molecule has 1 N–H and O–H groups in total. The number of halogens is 1. The number of nitrogens with one attached hydrogen (secondary N) is 1. The fourth-order valence-corrected chi connectivity index (χ4v) is 4.15. The summed E-state index contributed by atoms with van der Waals surface area (Å²) >= 11 is 6.45. The van der Waals surface area contributed by atoms with Crippen LogP contribution >= 0.6 is 11.6 Å². The van der Waals surface area contributed by atoms with Gasteiger partial charge < -0.3 is 10.1 Å². The van der Waals surface area contributed by atoms with Gasteiger partial charge in [-0.1, -0.05) is 43.6 Å². The molecule has 1 aliphatic heterocycles. The Hall–Kier alpha value is -2.07. The Kier molecular flexibility index (Phi) is 4.98. The molecule has 1 aromatic carbocycles. The lowest BCUT2D eigenvalue weighted by molar-refractivity contribution is -0.139. The number of carbonyl (C=O) groups excluding carboxylic acids is 2. The number of allylic oxidation sites excluding steroid dienone is 3. The van der Waals surface area contributed by atoms with Crippen molar-refractivity contribution in [1.29, 1.82) is 0 Å². The summed E-state index contributed by atoms with van der Waals surface area (Å²) < 4.78 is 5.22. The van der Waals surface area contributed by atoms with Crippen molar-refractivity contribution in [2.75, 3.05) is 6.61 Å². The minimum atomic E-state index is -0.399. The maximum absolute atomic E-state index is 13.0. The van der Waals surface area contributed by atoms with Crippen LogP contribution in [0, 0.1) is 5.41 Å². The average Bonchev–Trinajstić information content (AvgIpc) is 2.55. The molecule has 0 saturated carbocycles. The van der Waals surface area contributed by atoms with Crippen LogP contribution in [0.15, 0.2) is 46.8 Å². The molecule has 1 aliphatic carbocycles. The van der Waals surface area contributed by atoms with Crippen molar-refractivity contribution in [1.82, 2.24) is 5.32 Å². The lowest BCUT2D eigenvalue weighted by Crippen LogP contribution is -2.39. The van der Waals surface area contributed by atoms with Crippen molar-refractivity contribution in [2.24, 2.45) is 5.41 Å². The zero-order valence-electron chi connectivity index (χ0n) is 15.6. The second kappa shape index (κ2) is 6.92. The van der Waals surface area contributed by atoms with E-state index in [1.165, 1.54) is 0 Å². The third kappa shape index (κ3) is 3.30. The lowest BCUT2D eigenvalue weighted by atomic mass is 9.69. The van der Waals surface area contributed by atoms with E-state index in [1.54, 1.807) is 6.92 Å². The van der Waals surface area contributed by atoms with Crippen LogP contribution in [-0.4, -0.2) is 18.4 Å². The van der Waals surface area contributed by atoms with E-state index >= 15 is 0 Å². The molecule has 1 atom stereocenters. The van der Waals surface area contributed by atoms with Crippen LogP contribution in [0.1, 0.15) is 52.0 Å². The number of ketones is 1. The first-order chi connectivity index (χ1) is 12.2. The van der Waals surface area contributed by atoms with Gasteiger partial charge in [0.15, 0.2) is 5.78 Å². The van der Waals surface area contributed by atoms with Crippen molar-refractivity contribution in [3.63, 3.8) is 0 Å². The normalized spacial score (nSPS) is 22.0. The van der Waals surface area contributed by atoms with Crippen LogP contribution in [0.2, 0.25) is 5.02 Å². The highest BCUT2D eigenvalue weighted by Crippen LogP contribution is 2.47. The highest BCUT2D eigenvalue weighted by atomic mass is 35.5. The van der Waals surface area contributed by atoms with E-state index in [9.17, 15) is 9.59 Å². The van der Waals surface area contributed by atoms with E-state index in [0.29, 0.717) is 30.2 Å². The Morgan fingerprint density at radius 2 is 2.00 bits per heavy atom. The zero-order valence-corrected chi connectivity index (χ0v) is 16.4. The Morgan fingerprint density at radius 3 is 2.65 bits per heavy atom. The number of ether oxygens (including phenoxy) is 1. The van der Waals surface area contributed by atoms with Crippen molar-refractivity contribution in [3.05, 3.63) is 57.4 Å². The van der Waals surface area contributed by atoms with Gasteiger partial charge in [-0.3, -0.25) is 4.79 Å². The number of hydrogen-bond acceptors (Lipinski definition) is 4. The fourth-order valence-electron chi connectivity index (χ4n) is 3.90. The maximum Gasteiger partial charge on any atom is 0.354 e. The Balaban J connectivity index is 2.18. The number of hydrogen-bond donors (Lipinski definition) is 1. The van der Waals surface area contributed by atoms with E-state index in [1.807, 2.05) is 31.2 Å². The molecule has 0 amide bonds. The predicted molar refractivity (Wildman–Crippen MR) is 102 cm³/mol. The molecule has 1 aromatic rings. The highest BCUT2D eigenvalue weighted by Gasteiger charge is 2.42. The third-order valence-corrected chi connectivity index (χ3v) is 5.35. The standard InChI is InChI=1S/C21H24ClNO3/c1-5-26-20(25)19-12(2)17(13-8-6-7-9-14(13)22)18-15(23-19)10-21(3,4)11-16(18)24/h6-9,17,23H,5,10-11H2,1-4H3. The SMILES string of the molecule is CCOC(=O)C1=C(C)C(c2ccccc2Cl)C2=C(CC(C)(C)CC2=O)N1. The molecule has 0 fully saturated rings. The lowest BCUT2D eigenvalue weighted by Gasteiger charge is -2.39. The summed E-state index contributed by atoms with van der Waals surface area (Å²) in [5, 5.41) is 3.81. The second-order valence-corrected chi connectivity index (χ2v) is 8.10. The monoisotopic (exact) mass is 373 g/mol. The van der Waals surface area contributed by atoms with E-state index in [4.69, 9.17) is 16.3 Å². The fraction of sp³-hybridized carbons (Fsp3) is 0.429. The Bertz CT molecular complexity index is 835. The number of carbonyl (C=O) groups is 2. The van der Waals surface area contributed by atoms with Gasteiger partial charge in [0.1, 0.15) is 5.70 Å². The highest BCUT2D eigenvalue weighted by molar-refractivity contribution is 6.31. The van der Waals surface area contributed by atoms with Crippen molar-refractivity contribution in [3.8, 4) is 0 Å². The first-order valence-electron chi connectivity index (χ1n) is 8.90. The number of rotatable bonds is 3. The van der Waals surface area contributed by atoms with Gasteiger partial charge >= 0.3 is 5.97 Å². The largest absolute Gasteiger partial charge is 0.461 e. The van der Waals surface area contributed by atoms with Gasteiger partial charge in [-0.2, -0.15) is 0 Å². The first-order valence-corrected chi connectivity index (χ1v) is 9.28. The molecule has 2 aliphatic rings. The van der Waals surface area contributed by atoms with Gasteiger partial charge in [0.25, 0.3) is 0 Å². The Morgan fingerprint density at radius 1 is 1.31 bits per heavy atom. The number of esters is 1. The minimum Gasteiger partial charge on any atom is -0.461 e. The van der Waals surface area contributed by atoms with E-state index in [0.717, 1.165) is 22.4 Å². The zero-order chi connectivity index (χ0) is 19.1. The summed E-state index contributed by atoms with van der Waals surface area (Å²) in [7, 11) is 0. The molecule has 26 heavy (non-hydrogen) atoms. The first kappa shape index (κ1) is 18.7. The molecule has 0 spiro atoms. The molecule has 0 saturated heterocycles. The summed E-state index contributed by atoms with van der Waals surface area (Å²) in [5.41, 5.74) is 3.41. The van der Waals surface area contributed by atoms with Crippen molar-refractivity contribution >= 4 is 23.4 Å². The molecule has 0 radical (unpaired) electrons. The average molecular weight is 374 g/mol. The van der Waals surface area contributed by atoms with E-state index < -0.39 is 5.97 Å². The molecule has 5 heteroatoms. The van der Waals surface area contributed by atoms with E-state index in [2.05, 4.69) is 19.2 Å². The van der Waals surface area contributed by atoms with Gasteiger partial charge in [-0.25, -0.2) is 4.79 Å². The maximum atomic E-state index is 13.0. The number of benzene rings is 1. The summed E-state index contributed by atoms with van der Waals surface area (Å²) in [5.74, 6) is -0.622. The topological polar surface area (TPSA) is 55.4 Å². The number of dihydropyridines is 1. The van der Waals surface area contributed by atoms with Gasteiger partial charge in [-0.05, 0) is 42.9 Å². The van der Waals surface area contributed by atoms with Crippen LogP contribution in [-0.2, 0) is 14.3 Å². The van der Waals surface area contributed by atoms with Gasteiger partial charge in [-0.15, -0.1) is 0 Å². The summed E-state index contributed by atoms with van der Waals surface area (Å²) in [6, 6.07) is 7.49. The molecule has 3 rings (SSSR count). The molecular formula is C21H24ClNO3. The molecular weight excluding hydrogens is 350 g/mol. The second-order valence-electron chi connectivity index (χ2n) is 7.69. The van der Waals surface area contributed by atoms with Crippen LogP contribution in [0.5, 0.6) is 0 Å². The molecule has 138 valence electrons. The van der Waals surface area contributed by atoms with Gasteiger partial charge in [0.05, 0.1) is 6.61 Å². The molecule has 4 nitrogen and oxygen atoms in total. The molecule has 1 heterocycles. The summed E-state index contributed by atoms with van der Waals surface area (Å²) in [6.07, 6.45) is 1.18. The molecule has 0 bridgehead atoms. The summed E-state index contributed by atoms with van der Waals surface area (Å²) in [6.45, 7) is 8.07. The van der Waals surface area contributed by atoms with Crippen LogP contribution in [0.4, 0.5) is 0 Å². The quantitative estimate of drug-likeness (QED) is 0.792. The van der Waals surface area contributed by atoms with Crippen LogP contribution in [0.3, 0.4) is 0 Å². The minimum absolute atomic E-state index is 0.107. The predicted octanol–water partition coefficient (Wildman–Crippen LogP) is 4.51. The molecule has 1 unspecified atom stereocenters. The van der Waals surface area contributed by atoms with Crippen LogP contribution in [0.25, 0.3) is 0 Å². The summed E-state index contributed by atoms with van der Waals surface area (Å²) in [4.78, 5) is 25.5. The van der Waals surface area contributed by atoms with Crippen molar-refractivity contribution < 1.29 is 14.3 Å².